The zero-order valence-electron chi connectivity index (χ0n) is 21.2. The molecule has 0 bridgehead atoms. The molecule has 1 spiro atoms. The van der Waals surface area contributed by atoms with Crippen LogP contribution in [0.4, 0.5) is 5.69 Å². The Morgan fingerprint density at radius 1 is 1.23 bits per heavy atom. The maximum Gasteiger partial charge on any atom is 0.142 e. The van der Waals surface area contributed by atoms with Gasteiger partial charge in [-0.3, -0.25) is 4.79 Å². The Balaban J connectivity index is 1.55. The fraction of sp³-hybridized carbons (Fsp3) is 0.556. The van der Waals surface area contributed by atoms with Gasteiger partial charge in [-0.05, 0) is 50.3 Å². The van der Waals surface area contributed by atoms with Crippen molar-refractivity contribution in [2.24, 2.45) is 5.41 Å². The fourth-order valence-electron chi connectivity index (χ4n) is 5.11. The minimum Gasteiger partial charge on any atom is -0.393 e. The van der Waals surface area contributed by atoms with Crippen molar-refractivity contribution in [3.63, 3.8) is 0 Å². The number of rotatable bonds is 13. The summed E-state index contributed by atoms with van der Waals surface area (Å²) in [5.41, 5.74) is 4.86. The molecule has 190 valence electrons. The smallest absolute Gasteiger partial charge is 0.142 e. The van der Waals surface area contributed by atoms with E-state index in [1.54, 1.807) is 6.08 Å². The number of aldehydes is 1. The number of nitrogens with zero attached hydrogens (tertiary/aromatic N) is 4. The molecule has 2 saturated heterocycles. The largest absolute Gasteiger partial charge is 0.393 e. The molecule has 1 atom stereocenters. The molecule has 1 unspecified atom stereocenters. The molecular weight excluding hydrogens is 442 g/mol. The van der Waals surface area contributed by atoms with Gasteiger partial charge in [0.05, 0.1) is 30.4 Å². The van der Waals surface area contributed by atoms with Crippen LogP contribution in [-0.4, -0.2) is 90.3 Å². The Labute approximate surface area is 208 Å². The summed E-state index contributed by atoms with van der Waals surface area (Å²) in [6, 6.07) is 4.31. The molecule has 35 heavy (non-hydrogen) atoms. The first-order chi connectivity index (χ1) is 16.9. The summed E-state index contributed by atoms with van der Waals surface area (Å²) in [7, 11) is 3.97. The summed E-state index contributed by atoms with van der Waals surface area (Å²) in [5, 5.41) is 13.2. The van der Waals surface area contributed by atoms with E-state index in [9.17, 15) is 9.90 Å². The molecule has 0 amide bonds. The van der Waals surface area contributed by atoms with E-state index < -0.39 is 0 Å². The highest BCUT2D eigenvalue weighted by Gasteiger charge is 2.48. The van der Waals surface area contributed by atoms with E-state index in [0.717, 1.165) is 87.6 Å². The number of allylic oxidation sites excluding steroid dienone is 3. The van der Waals surface area contributed by atoms with Gasteiger partial charge in [-0.15, -0.1) is 0 Å². The number of nitrogens with one attached hydrogen (secondary N) is 1. The second-order valence-corrected chi connectivity index (χ2v) is 10.1. The van der Waals surface area contributed by atoms with Crippen LogP contribution in [0.2, 0.25) is 0 Å². The van der Waals surface area contributed by atoms with Gasteiger partial charge in [-0.1, -0.05) is 6.08 Å². The number of carbonyl (C=O) groups excluding carboxylic acids is 1. The molecule has 1 aromatic carbocycles. The van der Waals surface area contributed by atoms with Crippen LogP contribution >= 0.6 is 0 Å². The lowest BCUT2D eigenvalue weighted by Crippen LogP contribution is -2.66. The minimum absolute atomic E-state index is 0.348. The van der Waals surface area contributed by atoms with Gasteiger partial charge in [0.2, 0.25) is 0 Å². The third-order valence-corrected chi connectivity index (χ3v) is 7.09. The van der Waals surface area contributed by atoms with Crippen molar-refractivity contribution < 1.29 is 14.6 Å². The Hall–Kier alpha value is -2.68. The number of likely N-dealkylation sites (N-methyl/N-ethyl adjacent to an activating group) is 1. The van der Waals surface area contributed by atoms with Crippen molar-refractivity contribution in [2.75, 3.05) is 58.8 Å². The minimum atomic E-state index is -0.348. The standard InChI is InChI=1S/C27H39N5O3/c1-21(34)7-8-22-23(28-2)9-10-24-26(22)29-25(11-13-30(3)12-5-4-6-16-33)32(24)15-14-31-17-27(18-31)19-35-20-27/h4-6,9-10,12,16,21,28,34H,7-8,11,13-15,17-20H2,1-3H3/b6-4-,12-5-. The second kappa shape index (κ2) is 11.4. The van der Waals surface area contributed by atoms with Crippen LogP contribution in [0.5, 0.6) is 0 Å². The molecule has 2 aliphatic heterocycles. The first kappa shape index (κ1) is 25.4. The molecule has 2 aromatic rings. The van der Waals surface area contributed by atoms with Crippen molar-refractivity contribution in [2.45, 2.75) is 38.8 Å². The molecule has 2 aliphatic rings. The van der Waals surface area contributed by atoms with E-state index in [1.165, 1.54) is 11.6 Å². The number of imidazole rings is 1. The normalized spacial score (nSPS) is 18.3. The first-order valence-electron chi connectivity index (χ1n) is 12.6. The molecule has 8 nitrogen and oxygen atoms in total. The van der Waals surface area contributed by atoms with Gasteiger partial charge in [0.1, 0.15) is 12.1 Å². The lowest BCUT2D eigenvalue weighted by Gasteiger charge is -2.55. The molecule has 2 N–H and O–H groups in total. The SMILES string of the molecule is CNc1ccc2c(nc(CCN(C)/C=C\C=C/C=O)n2CCN2CC3(COC3)C2)c1CCC(C)O. The lowest BCUT2D eigenvalue weighted by atomic mass is 9.78. The second-order valence-electron chi connectivity index (χ2n) is 10.1. The van der Waals surface area contributed by atoms with Crippen molar-refractivity contribution >= 4 is 23.0 Å². The number of benzene rings is 1. The van der Waals surface area contributed by atoms with Crippen LogP contribution < -0.4 is 5.32 Å². The van der Waals surface area contributed by atoms with Crippen LogP contribution in [0.15, 0.2) is 36.6 Å². The van der Waals surface area contributed by atoms with Crippen LogP contribution in [0.25, 0.3) is 11.0 Å². The first-order valence-corrected chi connectivity index (χ1v) is 12.6. The molecule has 0 saturated carbocycles. The lowest BCUT2D eigenvalue weighted by molar-refractivity contribution is -0.189. The summed E-state index contributed by atoms with van der Waals surface area (Å²) >= 11 is 0. The maximum absolute atomic E-state index is 10.5. The predicted molar refractivity (Wildman–Crippen MR) is 140 cm³/mol. The monoisotopic (exact) mass is 481 g/mol. The zero-order chi connectivity index (χ0) is 24.8. The summed E-state index contributed by atoms with van der Waals surface area (Å²) in [5.74, 6) is 1.08. The summed E-state index contributed by atoms with van der Waals surface area (Å²) in [6.45, 7) is 8.63. The van der Waals surface area contributed by atoms with E-state index in [0.29, 0.717) is 11.8 Å². The highest BCUT2D eigenvalue weighted by atomic mass is 16.5. The van der Waals surface area contributed by atoms with Gasteiger partial charge < -0.3 is 29.5 Å². The van der Waals surface area contributed by atoms with Gasteiger partial charge in [0, 0.05) is 69.9 Å². The van der Waals surface area contributed by atoms with E-state index in [2.05, 4.69) is 31.8 Å². The molecule has 1 aromatic heterocycles. The number of carbonyl (C=O) groups is 1. The van der Waals surface area contributed by atoms with Crippen molar-refractivity contribution in [3.05, 3.63) is 47.9 Å². The van der Waals surface area contributed by atoms with Crippen LogP contribution in [0, 0.1) is 5.41 Å². The number of anilines is 1. The van der Waals surface area contributed by atoms with Gasteiger partial charge in [0.25, 0.3) is 0 Å². The molecular formula is C27H39N5O3. The number of hydrogen-bond donors (Lipinski definition) is 2. The average Bonchev–Trinajstić information content (AvgIpc) is 3.14. The van der Waals surface area contributed by atoms with Gasteiger partial charge in [0.15, 0.2) is 0 Å². The zero-order valence-corrected chi connectivity index (χ0v) is 21.2. The highest BCUT2D eigenvalue weighted by molar-refractivity contribution is 5.85. The van der Waals surface area contributed by atoms with Crippen molar-refractivity contribution in [1.82, 2.24) is 19.4 Å². The molecule has 4 rings (SSSR count). The van der Waals surface area contributed by atoms with Crippen LogP contribution in [0.1, 0.15) is 24.7 Å². The summed E-state index contributed by atoms with van der Waals surface area (Å²) in [6.07, 6.45) is 9.79. The number of aromatic nitrogens is 2. The molecule has 0 radical (unpaired) electrons. The van der Waals surface area contributed by atoms with Crippen molar-refractivity contribution in [3.8, 4) is 0 Å². The van der Waals surface area contributed by atoms with E-state index in [1.807, 2.05) is 33.3 Å². The Morgan fingerprint density at radius 3 is 2.69 bits per heavy atom. The molecule has 3 heterocycles. The Bertz CT molecular complexity index is 1060. The van der Waals surface area contributed by atoms with Gasteiger partial charge in [-0.25, -0.2) is 4.98 Å². The quantitative estimate of drug-likeness (QED) is 0.258. The van der Waals surface area contributed by atoms with Crippen molar-refractivity contribution in [1.29, 1.82) is 0 Å². The number of ether oxygens (including phenoxy) is 1. The summed E-state index contributed by atoms with van der Waals surface area (Å²) in [4.78, 5) is 20.2. The fourth-order valence-corrected chi connectivity index (χ4v) is 5.11. The molecule has 8 heteroatoms. The molecule has 0 aliphatic carbocycles. The van der Waals surface area contributed by atoms with Gasteiger partial charge >= 0.3 is 0 Å². The van der Waals surface area contributed by atoms with Gasteiger partial charge in [-0.2, -0.15) is 0 Å². The highest BCUT2D eigenvalue weighted by Crippen LogP contribution is 2.37. The summed E-state index contributed by atoms with van der Waals surface area (Å²) < 4.78 is 7.81. The number of likely N-dealkylation sites (tertiary alicyclic amines) is 1. The number of hydrogen-bond acceptors (Lipinski definition) is 7. The number of aliphatic hydroxyl groups excluding tert-OH is 1. The topological polar surface area (TPSA) is 82.9 Å². The predicted octanol–water partition coefficient (Wildman–Crippen LogP) is 2.47. The number of fused-ring (bicyclic) bond motifs is 1. The third kappa shape index (κ3) is 5.94. The van der Waals surface area contributed by atoms with E-state index in [4.69, 9.17) is 9.72 Å². The molecule has 2 fully saturated rings. The number of aryl methyl sites for hydroxylation is 1. The Kier molecular flexibility index (Phi) is 8.26. The maximum atomic E-state index is 10.5. The van der Waals surface area contributed by atoms with E-state index in [-0.39, 0.29) is 6.10 Å². The van der Waals surface area contributed by atoms with Crippen LogP contribution in [-0.2, 0) is 28.9 Å². The average molecular weight is 482 g/mol. The Morgan fingerprint density at radius 2 is 2.03 bits per heavy atom. The van der Waals surface area contributed by atoms with E-state index >= 15 is 0 Å². The van der Waals surface area contributed by atoms with Crippen LogP contribution in [0.3, 0.4) is 0 Å². The number of aliphatic hydroxyl groups is 1. The third-order valence-electron chi connectivity index (χ3n) is 7.09.